The van der Waals surface area contributed by atoms with Crippen LogP contribution in [0, 0.1) is 0 Å². The van der Waals surface area contributed by atoms with Crippen molar-refractivity contribution in [2.24, 2.45) is 10.8 Å². The Balaban J connectivity index is 2.83. The predicted molar refractivity (Wildman–Crippen MR) is 106 cm³/mol. The average molecular weight is 370 g/mol. The Kier molecular flexibility index (Phi) is 10.6. The number of thioether (sulfide) groups is 1. The van der Waals surface area contributed by atoms with Crippen LogP contribution in [-0.2, 0) is 0 Å². The van der Waals surface area contributed by atoms with Gasteiger partial charge in [0.05, 0.1) is 0 Å². The number of carbonyl (C=O) groups is 1. The number of hydrogen-bond acceptors (Lipinski definition) is 3. The van der Waals surface area contributed by atoms with Crippen molar-refractivity contribution >= 4 is 35.1 Å². The van der Waals surface area contributed by atoms with Crippen molar-refractivity contribution in [3.05, 3.63) is 34.9 Å². The van der Waals surface area contributed by atoms with Crippen molar-refractivity contribution in [3.8, 4) is 0 Å². The second kappa shape index (κ2) is 12.2. The van der Waals surface area contributed by atoms with Gasteiger partial charge in [-0.05, 0) is 30.2 Å². The lowest BCUT2D eigenvalue weighted by Crippen LogP contribution is -2.26. The van der Waals surface area contributed by atoms with Gasteiger partial charge in [-0.25, -0.2) is 10.2 Å². The van der Waals surface area contributed by atoms with Crippen LogP contribution in [0.25, 0.3) is 0 Å². The SMILES string of the molecule is CCCCCCC(CC(SCC)c1ccccc1Cl)=NNC(N)=O. The van der Waals surface area contributed by atoms with Gasteiger partial charge >= 0.3 is 6.03 Å². The highest BCUT2D eigenvalue weighted by atomic mass is 35.5. The number of nitrogens with zero attached hydrogens (tertiary/aromatic N) is 1. The molecule has 0 aliphatic rings. The van der Waals surface area contributed by atoms with Gasteiger partial charge in [-0.15, -0.1) is 0 Å². The van der Waals surface area contributed by atoms with E-state index in [4.69, 9.17) is 17.3 Å². The Morgan fingerprint density at radius 1 is 1.29 bits per heavy atom. The summed E-state index contributed by atoms with van der Waals surface area (Å²) in [6, 6.07) is 7.29. The number of benzene rings is 1. The molecule has 0 aliphatic carbocycles. The second-order valence-corrected chi connectivity index (χ2v) is 7.52. The number of nitrogens with one attached hydrogen (secondary N) is 1. The molecule has 0 fully saturated rings. The summed E-state index contributed by atoms with van der Waals surface area (Å²) in [5.41, 5.74) is 9.63. The maximum atomic E-state index is 11.0. The summed E-state index contributed by atoms with van der Waals surface area (Å²) in [4.78, 5) is 11.0. The van der Waals surface area contributed by atoms with Gasteiger partial charge in [0.2, 0.25) is 0 Å². The van der Waals surface area contributed by atoms with Crippen LogP contribution in [0.1, 0.15) is 63.2 Å². The molecule has 3 N–H and O–H groups in total. The van der Waals surface area contributed by atoms with Crippen LogP contribution in [0.2, 0.25) is 5.02 Å². The Morgan fingerprint density at radius 3 is 2.67 bits per heavy atom. The van der Waals surface area contributed by atoms with Crippen molar-refractivity contribution in [2.75, 3.05) is 5.75 Å². The number of hydrazone groups is 1. The number of amides is 2. The molecule has 1 aromatic carbocycles. The minimum atomic E-state index is -0.626. The maximum Gasteiger partial charge on any atom is 0.332 e. The fourth-order valence-electron chi connectivity index (χ4n) is 2.50. The molecule has 134 valence electrons. The molecule has 0 aromatic heterocycles. The van der Waals surface area contributed by atoms with Gasteiger partial charge in [-0.3, -0.25) is 0 Å². The monoisotopic (exact) mass is 369 g/mol. The molecule has 0 radical (unpaired) electrons. The molecular weight excluding hydrogens is 342 g/mol. The lowest BCUT2D eigenvalue weighted by Gasteiger charge is -2.19. The van der Waals surface area contributed by atoms with Crippen molar-refractivity contribution in [1.82, 2.24) is 5.43 Å². The van der Waals surface area contributed by atoms with Gasteiger partial charge in [0.15, 0.2) is 0 Å². The van der Waals surface area contributed by atoms with Crippen molar-refractivity contribution in [1.29, 1.82) is 0 Å². The van der Waals surface area contributed by atoms with Crippen LogP contribution >= 0.6 is 23.4 Å². The standard InChI is InChI=1S/C18H28ClN3OS/c1-3-5-6-7-10-14(21-22-18(20)23)13-17(24-4-2)15-11-8-9-12-16(15)19/h8-9,11-12,17H,3-7,10,13H2,1-2H3,(H3,20,22,23). The average Bonchev–Trinajstić information content (AvgIpc) is 2.56. The number of carbonyl (C=O) groups excluding carboxylic acids is 1. The lowest BCUT2D eigenvalue weighted by atomic mass is 10.0. The number of nitrogens with two attached hydrogens (primary N) is 1. The topological polar surface area (TPSA) is 67.5 Å². The van der Waals surface area contributed by atoms with Crippen LogP contribution in [0.3, 0.4) is 0 Å². The van der Waals surface area contributed by atoms with E-state index in [0.29, 0.717) is 0 Å². The van der Waals surface area contributed by atoms with Crippen molar-refractivity contribution in [2.45, 2.75) is 57.6 Å². The molecule has 1 atom stereocenters. The third-order valence-electron chi connectivity index (χ3n) is 3.68. The largest absolute Gasteiger partial charge is 0.350 e. The van der Waals surface area contributed by atoms with Crippen LogP contribution < -0.4 is 11.2 Å². The first kappa shape index (κ1) is 20.8. The van der Waals surface area contributed by atoms with Gasteiger partial charge in [-0.1, -0.05) is 62.9 Å². The van der Waals surface area contributed by atoms with E-state index in [2.05, 4.69) is 30.4 Å². The number of urea groups is 1. The van der Waals surface area contributed by atoms with Crippen LogP contribution in [0.4, 0.5) is 4.79 Å². The number of halogens is 1. The molecule has 2 amide bonds. The first-order valence-corrected chi connectivity index (χ1v) is 9.98. The molecule has 4 nitrogen and oxygen atoms in total. The van der Waals surface area contributed by atoms with E-state index in [9.17, 15) is 4.79 Å². The smallest absolute Gasteiger partial charge is 0.332 e. The number of hydrogen-bond donors (Lipinski definition) is 2. The number of primary amides is 1. The molecule has 0 saturated carbocycles. The highest BCUT2D eigenvalue weighted by Crippen LogP contribution is 2.36. The quantitative estimate of drug-likeness (QED) is 0.306. The van der Waals surface area contributed by atoms with Gasteiger partial charge in [0, 0.05) is 22.4 Å². The van der Waals surface area contributed by atoms with E-state index in [-0.39, 0.29) is 5.25 Å². The Bertz CT molecular complexity index is 537. The maximum absolute atomic E-state index is 11.0. The van der Waals surface area contributed by atoms with Crippen molar-refractivity contribution < 1.29 is 4.79 Å². The molecule has 6 heteroatoms. The molecule has 0 saturated heterocycles. The van der Waals surface area contributed by atoms with Crippen LogP contribution in [-0.4, -0.2) is 17.5 Å². The van der Waals surface area contributed by atoms with Gasteiger partial charge in [0.25, 0.3) is 0 Å². The van der Waals surface area contributed by atoms with E-state index in [1.807, 2.05) is 30.0 Å². The summed E-state index contributed by atoms with van der Waals surface area (Å²) in [6.45, 7) is 4.32. The molecular formula is C18H28ClN3OS. The summed E-state index contributed by atoms with van der Waals surface area (Å²) in [7, 11) is 0. The van der Waals surface area contributed by atoms with E-state index in [0.717, 1.165) is 41.3 Å². The van der Waals surface area contributed by atoms with E-state index >= 15 is 0 Å². The van der Waals surface area contributed by atoms with Crippen LogP contribution in [0.15, 0.2) is 29.4 Å². The molecule has 24 heavy (non-hydrogen) atoms. The van der Waals surface area contributed by atoms with Gasteiger partial charge < -0.3 is 5.73 Å². The van der Waals surface area contributed by atoms with E-state index in [1.54, 1.807) is 0 Å². The fourth-order valence-corrected chi connectivity index (χ4v) is 3.93. The highest BCUT2D eigenvalue weighted by Gasteiger charge is 2.17. The zero-order valence-electron chi connectivity index (χ0n) is 14.6. The lowest BCUT2D eigenvalue weighted by molar-refractivity contribution is 0.249. The minimum absolute atomic E-state index is 0.225. The summed E-state index contributed by atoms with van der Waals surface area (Å²) in [5, 5.41) is 5.23. The summed E-state index contributed by atoms with van der Waals surface area (Å²) in [5.74, 6) is 0.988. The molecule has 0 aliphatic heterocycles. The number of rotatable bonds is 11. The Labute approximate surface area is 154 Å². The highest BCUT2D eigenvalue weighted by molar-refractivity contribution is 7.99. The third-order valence-corrected chi connectivity index (χ3v) is 5.18. The van der Waals surface area contributed by atoms with Crippen molar-refractivity contribution in [3.63, 3.8) is 0 Å². The van der Waals surface area contributed by atoms with E-state index in [1.165, 1.54) is 19.3 Å². The summed E-state index contributed by atoms with van der Waals surface area (Å²) in [6.07, 6.45) is 6.27. The molecule has 1 unspecified atom stereocenters. The molecule has 0 spiro atoms. The molecule has 1 aromatic rings. The first-order valence-electron chi connectivity index (χ1n) is 8.55. The zero-order chi connectivity index (χ0) is 17.8. The first-order chi connectivity index (χ1) is 11.6. The summed E-state index contributed by atoms with van der Waals surface area (Å²) >= 11 is 8.21. The minimum Gasteiger partial charge on any atom is -0.350 e. The number of unbranched alkanes of at least 4 members (excludes halogenated alkanes) is 3. The Hall–Kier alpha value is -1.20. The normalized spacial score (nSPS) is 12.9. The molecule has 0 heterocycles. The summed E-state index contributed by atoms with van der Waals surface area (Å²) < 4.78 is 0. The van der Waals surface area contributed by atoms with E-state index < -0.39 is 6.03 Å². The second-order valence-electron chi connectivity index (χ2n) is 5.63. The third kappa shape index (κ3) is 8.06. The molecule has 1 rings (SSSR count). The fraction of sp³-hybridized carbons (Fsp3) is 0.556. The molecule has 0 bridgehead atoms. The van der Waals surface area contributed by atoms with Gasteiger partial charge in [0.1, 0.15) is 0 Å². The zero-order valence-corrected chi connectivity index (χ0v) is 16.1. The van der Waals surface area contributed by atoms with Crippen LogP contribution in [0.5, 0.6) is 0 Å². The predicted octanol–water partition coefficient (Wildman–Crippen LogP) is 5.52. The Morgan fingerprint density at radius 2 is 2.04 bits per heavy atom. The van der Waals surface area contributed by atoms with Gasteiger partial charge in [-0.2, -0.15) is 16.9 Å².